The minimum absolute atomic E-state index is 0.138. The number of imidazole rings is 1. The largest absolute Gasteiger partial charge is 0.395 e. The molecule has 0 saturated heterocycles. The van der Waals surface area contributed by atoms with Crippen molar-refractivity contribution in [3.63, 3.8) is 0 Å². The van der Waals surface area contributed by atoms with Crippen LogP contribution < -0.4 is 0 Å². The number of carbonyl (C=O) groups excluding carboxylic acids is 1. The Hall–Kier alpha value is -1.92. The van der Waals surface area contributed by atoms with Crippen molar-refractivity contribution in [2.75, 3.05) is 26.3 Å². The van der Waals surface area contributed by atoms with Crippen LogP contribution in [0.2, 0.25) is 0 Å². The number of aliphatic hydroxyl groups excluding tert-OH is 2. The number of rotatable bonds is 5. The van der Waals surface area contributed by atoms with Gasteiger partial charge >= 0.3 is 0 Å². The molecule has 2 aromatic rings. The molecule has 0 spiro atoms. The fraction of sp³-hybridized carbons (Fsp3) is 0.429. The Labute approximate surface area is 117 Å². The van der Waals surface area contributed by atoms with Gasteiger partial charge in [-0.1, -0.05) is 6.07 Å². The molecular weight excluding hydrogens is 258 g/mol. The SMILES string of the molecule is Cc1nc2c(C)cccn2c1C(=O)N(CCO)CCO. The molecule has 2 aromatic heterocycles. The van der Waals surface area contributed by atoms with Crippen LogP contribution in [0, 0.1) is 13.8 Å². The summed E-state index contributed by atoms with van der Waals surface area (Å²) < 4.78 is 1.76. The summed E-state index contributed by atoms with van der Waals surface area (Å²) in [6, 6.07) is 3.80. The zero-order chi connectivity index (χ0) is 14.7. The van der Waals surface area contributed by atoms with E-state index in [0.717, 1.165) is 11.2 Å². The Morgan fingerprint density at radius 3 is 2.55 bits per heavy atom. The summed E-state index contributed by atoms with van der Waals surface area (Å²) in [5, 5.41) is 18.1. The van der Waals surface area contributed by atoms with E-state index in [1.165, 1.54) is 4.90 Å². The van der Waals surface area contributed by atoms with Gasteiger partial charge in [0.25, 0.3) is 5.91 Å². The first-order chi connectivity index (χ1) is 9.60. The Morgan fingerprint density at radius 1 is 1.30 bits per heavy atom. The molecule has 0 radical (unpaired) electrons. The molecule has 0 bridgehead atoms. The lowest BCUT2D eigenvalue weighted by Crippen LogP contribution is -2.36. The highest BCUT2D eigenvalue weighted by Crippen LogP contribution is 2.17. The summed E-state index contributed by atoms with van der Waals surface area (Å²) >= 11 is 0. The minimum Gasteiger partial charge on any atom is -0.395 e. The first kappa shape index (κ1) is 14.5. The Kier molecular flexibility index (Phi) is 4.36. The predicted molar refractivity (Wildman–Crippen MR) is 74.7 cm³/mol. The smallest absolute Gasteiger partial charge is 0.272 e. The van der Waals surface area contributed by atoms with Crippen LogP contribution in [0.4, 0.5) is 0 Å². The quantitative estimate of drug-likeness (QED) is 0.828. The van der Waals surface area contributed by atoms with Crippen LogP contribution in [-0.2, 0) is 0 Å². The summed E-state index contributed by atoms with van der Waals surface area (Å²) in [6.45, 7) is 3.84. The van der Waals surface area contributed by atoms with Crippen molar-refractivity contribution in [1.29, 1.82) is 0 Å². The van der Waals surface area contributed by atoms with Gasteiger partial charge in [-0.05, 0) is 25.5 Å². The van der Waals surface area contributed by atoms with E-state index in [4.69, 9.17) is 10.2 Å². The summed E-state index contributed by atoms with van der Waals surface area (Å²) in [5.41, 5.74) is 2.86. The molecule has 0 atom stereocenters. The highest BCUT2D eigenvalue weighted by Gasteiger charge is 2.22. The molecule has 2 N–H and O–H groups in total. The number of aliphatic hydroxyl groups is 2. The summed E-state index contributed by atoms with van der Waals surface area (Å²) in [4.78, 5) is 18.4. The van der Waals surface area contributed by atoms with Gasteiger partial charge in [0.05, 0.1) is 18.9 Å². The number of amides is 1. The fourth-order valence-electron chi connectivity index (χ4n) is 2.28. The maximum Gasteiger partial charge on any atom is 0.272 e. The number of pyridine rings is 1. The van der Waals surface area contributed by atoms with Crippen molar-refractivity contribution < 1.29 is 15.0 Å². The average molecular weight is 277 g/mol. The molecule has 20 heavy (non-hydrogen) atoms. The number of hydrogen-bond acceptors (Lipinski definition) is 4. The number of hydrogen-bond donors (Lipinski definition) is 2. The predicted octanol–water partition coefficient (Wildman–Crippen LogP) is 0.378. The second-order valence-electron chi connectivity index (χ2n) is 4.67. The van der Waals surface area contributed by atoms with Crippen LogP contribution in [-0.4, -0.2) is 56.7 Å². The van der Waals surface area contributed by atoms with E-state index in [0.29, 0.717) is 11.4 Å². The van der Waals surface area contributed by atoms with Gasteiger partial charge in [0.2, 0.25) is 0 Å². The second kappa shape index (κ2) is 6.02. The molecule has 0 fully saturated rings. The zero-order valence-corrected chi connectivity index (χ0v) is 11.7. The molecular formula is C14H19N3O3. The number of aromatic nitrogens is 2. The highest BCUT2D eigenvalue weighted by atomic mass is 16.3. The topological polar surface area (TPSA) is 78.1 Å². The Morgan fingerprint density at radius 2 is 1.95 bits per heavy atom. The van der Waals surface area contributed by atoms with Crippen LogP contribution in [0.3, 0.4) is 0 Å². The van der Waals surface area contributed by atoms with Gasteiger partial charge in [-0.25, -0.2) is 4.98 Å². The van der Waals surface area contributed by atoms with Gasteiger partial charge < -0.3 is 15.1 Å². The molecule has 0 aliphatic carbocycles. The first-order valence-electron chi connectivity index (χ1n) is 6.55. The molecule has 0 saturated carbocycles. The third-order valence-electron chi connectivity index (χ3n) is 3.25. The first-order valence-corrected chi connectivity index (χ1v) is 6.55. The van der Waals surface area contributed by atoms with Crippen molar-refractivity contribution in [2.24, 2.45) is 0 Å². The fourth-order valence-corrected chi connectivity index (χ4v) is 2.28. The van der Waals surface area contributed by atoms with Gasteiger partial charge in [0.15, 0.2) is 0 Å². The molecule has 6 heteroatoms. The van der Waals surface area contributed by atoms with Crippen LogP contribution >= 0.6 is 0 Å². The van der Waals surface area contributed by atoms with Gasteiger partial charge in [0.1, 0.15) is 11.3 Å². The standard InChI is InChI=1S/C14H19N3O3/c1-10-4-3-5-17-12(11(2)15-13(10)17)14(20)16(6-8-18)7-9-19/h3-5,18-19H,6-9H2,1-2H3. The van der Waals surface area contributed by atoms with Crippen molar-refractivity contribution in [1.82, 2.24) is 14.3 Å². The molecule has 108 valence electrons. The van der Waals surface area contributed by atoms with Crippen LogP contribution in [0.25, 0.3) is 5.65 Å². The molecule has 6 nitrogen and oxygen atoms in total. The van der Waals surface area contributed by atoms with E-state index < -0.39 is 0 Å². The molecule has 0 aliphatic rings. The van der Waals surface area contributed by atoms with Gasteiger partial charge in [0, 0.05) is 19.3 Å². The molecule has 0 unspecified atom stereocenters. The monoisotopic (exact) mass is 277 g/mol. The van der Waals surface area contributed by atoms with Crippen molar-refractivity contribution in [2.45, 2.75) is 13.8 Å². The summed E-state index contributed by atoms with van der Waals surface area (Å²) in [6.07, 6.45) is 1.80. The lowest BCUT2D eigenvalue weighted by atomic mass is 10.3. The van der Waals surface area contributed by atoms with E-state index in [1.54, 1.807) is 17.5 Å². The van der Waals surface area contributed by atoms with Crippen LogP contribution in [0.5, 0.6) is 0 Å². The zero-order valence-electron chi connectivity index (χ0n) is 11.7. The van der Waals surface area contributed by atoms with Gasteiger partial charge in [-0.2, -0.15) is 0 Å². The lowest BCUT2D eigenvalue weighted by Gasteiger charge is -2.20. The number of aryl methyl sites for hydroxylation is 2. The molecule has 2 heterocycles. The molecule has 0 aromatic carbocycles. The Balaban J connectivity index is 2.48. The average Bonchev–Trinajstić information content (AvgIpc) is 2.75. The van der Waals surface area contributed by atoms with Crippen LogP contribution in [0.15, 0.2) is 18.3 Å². The van der Waals surface area contributed by atoms with Crippen molar-refractivity contribution in [3.05, 3.63) is 35.3 Å². The van der Waals surface area contributed by atoms with Gasteiger partial charge in [-0.3, -0.25) is 9.20 Å². The van der Waals surface area contributed by atoms with E-state index in [9.17, 15) is 4.79 Å². The van der Waals surface area contributed by atoms with E-state index in [1.807, 2.05) is 19.1 Å². The highest BCUT2D eigenvalue weighted by molar-refractivity contribution is 5.94. The van der Waals surface area contributed by atoms with E-state index in [2.05, 4.69) is 4.98 Å². The maximum atomic E-state index is 12.6. The Bertz CT molecular complexity index is 615. The molecule has 1 amide bonds. The van der Waals surface area contributed by atoms with E-state index in [-0.39, 0.29) is 32.2 Å². The third kappa shape index (κ3) is 2.52. The number of nitrogens with zero attached hydrogens (tertiary/aromatic N) is 3. The van der Waals surface area contributed by atoms with Gasteiger partial charge in [-0.15, -0.1) is 0 Å². The second-order valence-corrected chi connectivity index (χ2v) is 4.67. The normalized spacial score (nSPS) is 11.0. The molecule has 2 rings (SSSR count). The lowest BCUT2D eigenvalue weighted by molar-refractivity contribution is 0.0677. The number of carbonyl (C=O) groups is 1. The van der Waals surface area contributed by atoms with Crippen LogP contribution in [0.1, 0.15) is 21.7 Å². The van der Waals surface area contributed by atoms with Crippen molar-refractivity contribution >= 4 is 11.6 Å². The maximum absolute atomic E-state index is 12.6. The summed E-state index contributed by atoms with van der Waals surface area (Å²) in [5.74, 6) is -0.233. The summed E-state index contributed by atoms with van der Waals surface area (Å²) in [7, 11) is 0. The van der Waals surface area contributed by atoms with Crippen molar-refractivity contribution in [3.8, 4) is 0 Å². The third-order valence-corrected chi connectivity index (χ3v) is 3.25. The van der Waals surface area contributed by atoms with E-state index >= 15 is 0 Å². The number of fused-ring (bicyclic) bond motifs is 1. The minimum atomic E-state index is -0.233. The molecule has 0 aliphatic heterocycles.